The van der Waals surface area contributed by atoms with E-state index in [9.17, 15) is 4.79 Å². The second kappa shape index (κ2) is 6.75. The lowest BCUT2D eigenvalue weighted by Gasteiger charge is -2.22. The van der Waals surface area contributed by atoms with Crippen molar-refractivity contribution in [2.45, 2.75) is 31.8 Å². The molecule has 1 aliphatic carbocycles. The minimum absolute atomic E-state index is 0.366. The topological polar surface area (TPSA) is 46.3 Å². The molecule has 114 valence electrons. The van der Waals surface area contributed by atoms with E-state index in [-0.39, 0.29) is 5.91 Å². The second-order valence-corrected chi connectivity index (χ2v) is 6.00. The van der Waals surface area contributed by atoms with Gasteiger partial charge in [-0.2, -0.15) is 0 Å². The van der Waals surface area contributed by atoms with Gasteiger partial charge in [0.05, 0.1) is 0 Å². The molecule has 0 saturated heterocycles. The van der Waals surface area contributed by atoms with Crippen molar-refractivity contribution in [2.75, 3.05) is 6.54 Å². The van der Waals surface area contributed by atoms with Gasteiger partial charge in [-0.1, -0.05) is 42.5 Å². The SMILES string of the molecule is NC(=O)c1ccc(CN(CCc2ccccc2)C2CC2)cc1. The van der Waals surface area contributed by atoms with Gasteiger partial charge in [0, 0.05) is 24.7 Å². The summed E-state index contributed by atoms with van der Waals surface area (Å²) in [6.45, 7) is 2.02. The minimum Gasteiger partial charge on any atom is -0.366 e. The van der Waals surface area contributed by atoms with E-state index in [1.165, 1.54) is 24.0 Å². The van der Waals surface area contributed by atoms with Gasteiger partial charge in [0.15, 0.2) is 0 Å². The minimum atomic E-state index is -0.366. The van der Waals surface area contributed by atoms with E-state index < -0.39 is 0 Å². The van der Waals surface area contributed by atoms with Gasteiger partial charge in [-0.25, -0.2) is 0 Å². The van der Waals surface area contributed by atoms with Crippen LogP contribution in [0.5, 0.6) is 0 Å². The fourth-order valence-electron chi connectivity index (χ4n) is 2.76. The van der Waals surface area contributed by atoms with Crippen LogP contribution in [0.25, 0.3) is 0 Å². The zero-order chi connectivity index (χ0) is 15.4. The summed E-state index contributed by atoms with van der Waals surface area (Å²) < 4.78 is 0. The molecule has 0 aromatic heterocycles. The number of carbonyl (C=O) groups excluding carboxylic acids is 1. The van der Waals surface area contributed by atoms with Crippen molar-refractivity contribution in [1.29, 1.82) is 0 Å². The Bertz CT molecular complexity index is 618. The number of carbonyl (C=O) groups is 1. The highest BCUT2D eigenvalue weighted by molar-refractivity contribution is 5.92. The summed E-state index contributed by atoms with van der Waals surface area (Å²) in [6, 6.07) is 19.0. The maximum atomic E-state index is 11.1. The van der Waals surface area contributed by atoms with Crippen molar-refractivity contribution in [3.63, 3.8) is 0 Å². The number of nitrogens with two attached hydrogens (primary N) is 1. The van der Waals surface area contributed by atoms with Gasteiger partial charge in [0.1, 0.15) is 0 Å². The molecular weight excluding hydrogens is 272 g/mol. The van der Waals surface area contributed by atoms with Gasteiger partial charge < -0.3 is 5.73 Å². The van der Waals surface area contributed by atoms with Crippen molar-refractivity contribution in [1.82, 2.24) is 4.90 Å². The third-order valence-corrected chi connectivity index (χ3v) is 4.22. The summed E-state index contributed by atoms with van der Waals surface area (Å²) in [6.07, 6.45) is 3.68. The molecule has 22 heavy (non-hydrogen) atoms. The monoisotopic (exact) mass is 294 g/mol. The van der Waals surface area contributed by atoms with Crippen LogP contribution in [-0.2, 0) is 13.0 Å². The molecule has 1 amide bonds. The Balaban J connectivity index is 1.60. The average Bonchev–Trinajstić information content (AvgIpc) is 3.38. The molecule has 3 rings (SSSR count). The number of nitrogens with zero attached hydrogens (tertiary/aromatic N) is 1. The molecular formula is C19H22N2O. The molecule has 1 fully saturated rings. The van der Waals surface area contributed by atoms with E-state index in [0.717, 1.165) is 25.6 Å². The highest BCUT2D eigenvalue weighted by Crippen LogP contribution is 2.28. The van der Waals surface area contributed by atoms with E-state index >= 15 is 0 Å². The lowest BCUT2D eigenvalue weighted by molar-refractivity contribution is 0.100. The first-order valence-corrected chi connectivity index (χ1v) is 7.89. The molecule has 0 heterocycles. The predicted octanol–water partition coefficient (Wildman–Crippen LogP) is 2.99. The molecule has 0 atom stereocenters. The molecule has 2 aromatic rings. The molecule has 0 bridgehead atoms. The van der Waals surface area contributed by atoms with Gasteiger partial charge in [0.2, 0.25) is 5.91 Å². The number of amides is 1. The molecule has 3 nitrogen and oxygen atoms in total. The summed E-state index contributed by atoms with van der Waals surface area (Å²) >= 11 is 0. The molecule has 0 spiro atoms. The highest BCUT2D eigenvalue weighted by Gasteiger charge is 2.28. The maximum absolute atomic E-state index is 11.1. The first-order valence-electron chi connectivity index (χ1n) is 7.89. The Morgan fingerprint density at radius 3 is 2.27 bits per heavy atom. The van der Waals surface area contributed by atoms with Crippen LogP contribution in [0.1, 0.15) is 34.3 Å². The van der Waals surface area contributed by atoms with Crippen molar-refractivity contribution in [3.8, 4) is 0 Å². The first-order chi connectivity index (χ1) is 10.7. The Hall–Kier alpha value is -2.13. The van der Waals surface area contributed by atoms with Gasteiger partial charge in [-0.3, -0.25) is 9.69 Å². The fraction of sp³-hybridized carbons (Fsp3) is 0.316. The van der Waals surface area contributed by atoms with Crippen LogP contribution in [0.2, 0.25) is 0 Å². The summed E-state index contributed by atoms with van der Waals surface area (Å²) in [5, 5.41) is 0. The van der Waals surface area contributed by atoms with E-state index in [0.29, 0.717) is 5.56 Å². The summed E-state index contributed by atoms with van der Waals surface area (Å²) in [4.78, 5) is 13.7. The molecule has 0 unspecified atom stereocenters. The van der Waals surface area contributed by atoms with Gasteiger partial charge in [-0.05, 0) is 42.5 Å². The third-order valence-electron chi connectivity index (χ3n) is 4.22. The van der Waals surface area contributed by atoms with Gasteiger partial charge in [0.25, 0.3) is 0 Å². The van der Waals surface area contributed by atoms with Crippen LogP contribution in [0.4, 0.5) is 0 Å². The van der Waals surface area contributed by atoms with Crippen LogP contribution < -0.4 is 5.73 Å². The normalized spacial score (nSPS) is 14.2. The lowest BCUT2D eigenvalue weighted by atomic mass is 10.1. The molecule has 2 N–H and O–H groups in total. The Morgan fingerprint density at radius 2 is 1.68 bits per heavy atom. The van der Waals surface area contributed by atoms with Crippen LogP contribution >= 0.6 is 0 Å². The molecule has 0 aliphatic heterocycles. The number of benzene rings is 2. The second-order valence-electron chi connectivity index (χ2n) is 6.00. The van der Waals surface area contributed by atoms with Gasteiger partial charge >= 0.3 is 0 Å². The molecule has 2 aromatic carbocycles. The zero-order valence-corrected chi connectivity index (χ0v) is 12.7. The maximum Gasteiger partial charge on any atom is 0.248 e. The molecule has 1 aliphatic rings. The number of rotatable bonds is 7. The van der Waals surface area contributed by atoms with E-state index in [1.54, 1.807) is 0 Å². The Morgan fingerprint density at radius 1 is 1.00 bits per heavy atom. The quantitative estimate of drug-likeness (QED) is 0.853. The smallest absolute Gasteiger partial charge is 0.248 e. The summed E-state index contributed by atoms with van der Waals surface area (Å²) in [7, 11) is 0. The summed E-state index contributed by atoms with van der Waals surface area (Å²) in [5.74, 6) is -0.366. The molecule has 3 heteroatoms. The lowest BCUT2D eigenvalue weighted by Crippen LogP contribution is -2.28. The van der Waals surface area contributed by atoms with E-state index in [1.807, 2.05) is 24.3 Å². The Kier molecular flexibility index (Phi) is 4.54. The van der Waals surface area contributed by atoms with Crippen LogP contribution in [0.15, 0.2) is 54.6 Å². The third kappa shape index (κ3) is 3.95. The molecule has 1 saturated carbocycles. The number of hydrogen-bond acceptors (Lipinski definition) is 2. The standard InChI is InChI=1S/C19H22N2O/c20-19(22)17-8-6-16(7-9-17)14-21(18-10-11-18)13-12-15-4-2-1-3-5-15/h1-9,18H,10-14H2,(H2,20,22). The van der Waals surface area contributed by atoms with Crippen LogP contribution in [-0.4, -0.2) is 23.4 Å². The number of primary amides is 1. The predicted molar refractivity (Wildman–Crippen MR) is 88.5 cm³/mol. The van der Waals surface area contributed by atoms with Crippen molar-refractivity contribution in [3.05, 3.63) is 71.3 Å². The average molecular weight is 294 g/mol. The Labute approximate surface area is 131 Å². The summed E-state index contributed by atoms with van der Waals surface area (Å²) in [5.41, 5.74) is 8.49. The largest absolute Gasteiger partial charge is 0.366 e. The van der Waals surface area contributed by atoms with E-state index in [4.69, 9.17) is 5.73 Å². The van der Waals surface area contributed by atoms with Crippen LogP contribution in [0, 0.1) is 0 Å². The number of hydrogen-bond donors (Lipinski definition) is 1. The highest BCUT2D eigenvalue weighted by atomic mass is 16.1. The van der Waals surface area contributed by atoms with Gasteiger partial charge in [-0.15, -0.1) is 0 Å². The van der Waals surface area contributed by atoms with Crippen molar-refractivity contribution in [2.24, 2.45) is 5.73 Å². The van der Waals surface area contributed by atoms with Crippen molar-refractivity contribution < 1.29 is 4.79 Å². The fourth-order valence-corrected chi connectivity index (χ4v) is 2.76. The zero-order valence-electron chi connectivity index (χ0n) is 12.7. The molecule has 0 radical (unpaired) electrons. The van der Waals surface area contributed by atoms with E-state index in [2.05, 4.69) is 35.2 Å². The first kappa shape index (κ1) is 14.8. The van der Waals surface area contributed by atoms with Crippen LogP contribution in [0.3, 0.4) is 0 Å². The van der Waals surface area contributed by atoms with Crippen molar-refractivity contribution >= 4 is 5.91 Å².